The zero-order valence-corrected chi connectivity index (χ0v) is 15.6. The maximum absolute atomic E-state index is 12.5. The molecule has 2 N–H and O–H groups in total. The van der Waals surface area contributed by atoms with E-state index in [4.69, 9.17) is 0 Å². The van der Waals surface area contributed by atoms with Gasteiger partial charge in [-0.3, -0.25) is 4.90 Å². The number of hydrogen-bond acceptors (Lipinski definition) is 5. The van der Waals surface area contributed by atoms with Crippen molar-refractivity contribution in [2.45, 2.75) is 38.1 Å². The molecular formula is C19H27N7O. The van der Waals surface area contributed by atoms with E-state index < -0.39 is 0 Å². The molecule has 0 bridgehead atoms. The summed E-state index contributed by atoms with van der Waals surface area (Å²) in [6, 6.07) is 9.39. The van der Waals surface area contributed by atoms with Crippen molar-refractivity contribution in [2.24, 2.45) is 0 Å². The maximum atomic E-state index is 12.5. The average molecular weight is 369 g/mol. The monoisotopic (exact) mass is 369 g/mol. The smallest absolute Gasteiger partial charge is 0.317 e. The molecule has 0 unspecified atom stereocenters. The topological polar surface area (TPSA) is 90.0 Å². The van der Waals surface area contributed by atoms with Gasteiger partial charge in [0.15, 0.2) is 5.82 Å². The van der Waals surface area contributed by atoms with Crippen LogP contribution in [0.15, 0.2) is 24.3 Å². The SMILES string of the molecule is O=C(NCCCc1nn[nH]n1)N1CCCN(C2Cc3ccccc3C2)CC1. The first-order chi connectivity index (χ1) is 13.3. The third kappa shape index (κ3) is 4.44. The van der Waals surface area contributed by atoms with Crippen molar-refractivity contribution in [1.29, 1.82) is 0 Å². The number of benzene rings is 1. The van der Waals surface area contributed by atoms with Crippen LogP contribution in [0.4, 0.5) is 4.79 Å². The van der Waals surface area contributed by atoms with E-state index in [0.717, 1.165) is 51.9 Å². The van der Waals surface area contributed by atoms with E-state index >= 15 is 0 Å². The molecular weight excluding hydrogens is 342 g/mol. The van der Waals surface area contributed by atoms with Gasteiger partial charge < -0.3 is 10.2 Å². The number of fused-ring (bicyclic) bond motifs is 1. The van der Waals surface area contributed by atoms with Crippen LogP contribution in [0, 0.1) is 0 Å². The molecule has 0 saturated carbocycles. The number of aromatic amines is 1. The molecule has 2 heterocycles. The normalized spacial score (nSPS) is 18.3. The van der Waals surface area contributed by atoms with Gasteiger partial charge in [0.1, 0.15) is 0 Å². The van der Waals surface area contributed by atoms with Gasteiger partial charge in [-0.15, -0.1) is 10.2 Å². The van der Waals surface area contributed by atoms with Crippen molar-refractivity contribution in [2.75, 3.05) is 32.7 Å². The van der Waals surface area contributed by atoms with Gasteiger partial charge in [-0.2, -0.15) is 5.21 Å². The van der Waals surface area contributed by atoms with Crippen molar-refractivity contribution in [3.05, 3.63) is 41.2 Å². The molecule has 4 rings (SSSR count). The molecule has 0 spiro atoms. The Bertz CT molecular complexity index is 723. The molecule has 27 heavy (non-hydrogen) atoms. The van der Waals surface area contributed by atoms with E-state index in [9.17, 15) is 4.79 Å². The third-order valence-electron chi connectivity index (χ3n) is 5.61. The van der Waals surface area contributed by atoms with Crippen LogP contribution >= 0.6 is 0 Å². The van der Waals surface area contributed by atoms with Crippen LogP contribution in [-0.4, -0.2) is 75.2 Å². The molecule has 2 aliphatic rings. The zero-order chi connectivity index (χ0) is 18.5. The quantitative estimate of drug-likeness (QED) is 0.768. The average Bonchev–Trinajstić information content (AvgIpc) is 3.29. The summed E-state index contributed by atoms with van der Waals surface area (Å²) in [5.41, 5.74) is 2.98. The first-order valence-electron chi connectivity index (χ1n) is 9.85. The highest BCUT2D eigenvalue weighted by Gasteiger charge is 2.28. The summed E-state index contributed by atoms with van der Waals surface area (Å²) in [7, 11) is 0. The van der Waals surface area contributed by atoms with Crippen LogP contribution in [0.5, 0.6) is 0 Å². The predicted molar refractivity (Wildman–Crippen MR) is 101 cm³/mol. The molecule has 2 amide bonds. The van der Waals surface area contributed by atoms with Crippen molar-refractivity contribution in [3.63, 3.8) is 0 Å². The van der Waals surface area contributed by atoms with Gasteiger partial charge in [0.2, 0.25) is 0 Å². The van der Waals surface area contributed by atoms with E-state index in [-0.39, 0.29) is 6.03 Å². The van der Waals surface area contributed by atoms with E-state index in [2.05, 4.69) is 55.1 Å². The molecule has 0 atom stereocenters. The van der Waals surface area contributed by atoms with Crippen LogP contribution in [-0.2, 0) is 19.3 Å². The minimum atomic E-state index is 0.0414. The Balaban J connectivity index is 1.21. The molecule has 2 aromatic rings. The summed E-state index contributed by atoms with van der Waals surface area (Å²) in [5.74, 6) is 0.687. The van der Waals surface area contributed by atoms with Crippen LogP contribution in [0.2, 0.25) is 0 Å². The summed E-state index contributed by atoms with van der Waals surface area (Å²) in [5, 5.41) is 16.8. The number of amides is 2. The Morgan fingerprint density at radius 3 is 2.70 bits per heavy atom. The lowest BCUT2D eigenvalue weighted by molar-refractivity contribution is 0.189. The fourth-order valence-corrected chi connectivity index (χ4v) is 4.14. The number of H-pyrrole nitrogens is 1. The number of carbonyl (C=O) groups excluding carboxylic acids is 1. The van der Waals surface area contributed by atoms with E-state index in [0.29, 0.717) is 24.8 Å². The zero-order valence-electron chi connectivity index (χ0n) is 15.6. The van der Waals surface area contributed by atoms with Crippen molar-refractivity contribution in [3.8, 4) is 0 Å². The Hall–Kier alpha value is -2.48. The van der Waals surface area contributed by atoms with Gasteiger partial charge in [0.25, 0.3) is 0 Å². The number of rotatable bonds is 5. The lowest BCUT2D eigenvalue weighted by Crippen LogP contribution is -2.43. The van der Waals surface area contributed by atoms with Crippen molar-refractivity contribution in [1.82, 2.24) is 35.7 Å². The van der Waals surface area contributed by atoms with Crippen molar-refractivity contribution < 1.29 is 4.79 Å². The van der Waals surface area contributed by atoms with Gasteiger partial charge in [-0.25, -0.2) is 4.79 Å². The van der Waals surface area contributed by atoms with Gasteiger partial charge in [-0.05, 0) is 36.8 Å². The maximum Gasteiger partial charge on any atom is 0.317 e. The standard InChI is InChI=1S/C19H27N7O/c27-19(20-8-3-7-18-21-23-24-22-18)26-10-4-9-25(11-12-26)17-13-15-5-1-2-6-16(15)14-17/h1-2,5-6,17H,3-4,7-14H2,(H,20,27)(H,21,22,23,24). The van der Waals surface area contributed by atoms with Gasteiger partial charge >= 0.3 is 6.03 Å². The lowest BCUT2D eigenvalue weighted by atomic mass is 10.1. The second kappa shape index (κ2) is 8.47. The molecule has 0 radical (unpaired) electrons. The van der Waals surface area contributed by atoms with E-state index in [1.807, 2.05) is 4.90 Å². The summed E-state index contributed by atoms with van der Waals surface area (Å²) in [6.07, 6.45) is 4.83. The molecule has 144 valence electrons. The summed E-state index contributed by atoms with van der Waals surface area (Å²) in [4.78, 5) is 17.0. The number of hydrogen-bond donors (Lipinski definition) is 2. The number of tetrazole rings is 1. The number of aryl methyl sites for hydroxylation is 1. The minimum Gasteiger partial charge on any atom is -0.338 e. The van der Waals surface area contributed by atoms with Crippen molar-refractivity contribution >= 4 is 6.03 Å². The van der Waals surface area contributed by atoms with Crippen LogP contribution in [0.25, 0.3) is 0 Å². The largest absolute Gasteiger partial charge is 0.338 e. The number of nitrogens with zero attached hydrogens (tertiary/aromatic N) is 5. The second-order valence-corrected chi connectivity index (χ2v) is 7.37. The molecule has 1 fully saturated rings. The number of carbonyl (C=O) groups is 1. The third-order valence-corrected chi connectivity index (χ3v) is 5.61. The van der Waals surface area contributed by atoms with Crippen LogP contribution in [0.3, 0.4) is 0 Å². The predicted octanol–water partition coefficient (Wildman–Crippen LogP) is 1.02. The van der Waals surface area contributed by atoms with Gasteiger partial charge in [0, 0.05) is 45.2 Å². The molecule has 8 heteroatoms. The molecule has 1 aliphatic carbocycles. The molecule has 1 saturated heterocycles. The van der Waals surface area contributed by atoms with E-state index in [1.165, 1.54) is 11.1 Å². The summed E-state index contributed by atoms with van der Waals surface area (Å²) < 4.78 is 0. The van der Waals surface area contributed by atoms with E-state index in [1.54, 1.807) is 0 Å². The Morgan fingerprint density at radius 1 is 1.15 bits per heavy atom. The summed E-state index contributed by atoms with van der Waals surface area (Å²) >= 11 is 0. The number of aromatic nitrogens is 4. The first kappa shape index (κ1) is 17.9. The highest BCUT2D eigenvalue weighted by Crippen LogP contribution is 2.26. The first-order valence-corrected chi connectivity index (χ1v) is 9.85. The Labute approximate surface area is 159 Å². The van der Waals surface area contributed by atoms with Crippen LogP contribution < -0.4 is 5.32 Å². The molecule has 1 aromatic carbocycles. The van der Waals surface area contributed by atoms with Gasteiger partial charge in [0.05, 0.1) is 0 Å². The number of urea groups is 1. The fraction of sp³-hybridized carbons (Fsp3) is 0.579. The highest BCUT2D eigenvalue weighted by atomic mass is 16.2. The molecule has 1 aliphatic heterocycles. The lowest BCUT2D eigenvalue weighted by Gasteiger charge is -2.27. The number of nitrogens with one attached hydrogen (secondary N) is 2. The molecule has 1 aromatic heterocycles. The molecule has 8 nitrogen and oxygen atoms in total. The summed E-state index contributed by atoms with van der Waals surface area (Å²) in [6.45, 7) is 4.27. The second-order valence-electron chi connectivity index (χ2n) is 7.37. The Morgan fingerprint density at radius 2 is 1.96 bits per heavy atom. The minimum absolute atomic E-state index is 0.0414. The highest BCUT2D eigenvalue weighted by molar-refractivity contribution is 5.74. The fourth-order valence-electron chi connectivity index (χ4n) is 4.14. The van der Waals surface area contributed by atoms with Crippen LogP contribution in [0.1, 0.15) is 29.8 Å². The van der Waals surface area contributed by atoms with Gasteiger partial charge in [-0.1, -0.05) is 29.5 Å². The Kier molecular flexibility index (Phi) is 5.62.